The third-order valence-corrected chi connectivity index (χ3v) is 5.44. The van der Waals surface area contributed by atoms with Crippen molar-refractivity contribution in [1.29, 1.82) is 0 Å². The highest BCUT2D eigenvalue weighted by molar-refractivity contribution is 5.69. The Hall–Kier alpha value is -2.19. The van der Waals surface area contributed by atoms with Crippen molar-refractivity contribution in [3.05, 3.63) is 71.6 Å². The number of aryl methyl sites for hydroxylation is 2. The summed E-state index contributed by atoms with van der Waals surface area (Å²) in [5.74, 6) is 0.485. The van der Waals surface area contributed by atoms with Crippen LogP contribution in [0, 0.1) is 13.8 Å². The molecule has 1 fully saturated rings. The lowest BCUT2D eigenvalue weighted by Gasteiger charge is -2.09. The van der Waals surface area contributed by atoms with E-state index in [0.717, 1.165) is 12.1 Å². The van der Waals surface area contributed by atoms with Crippen LogP contribution in [-0.4, -0.2) is 30.0 Å². The molecular weight excluding hydrogens is 340 g/mol. The highest BCUT2D eigenvalue weighted by Crippen LogP contribution is 2.32. The van der Waals surface area contributed by atoms with Gasteiger partial charge in [-0.25, -0.2) is 0 Å². The second-order valence-corrected chi connectivity index (χ2v) is 7.85. The minimum atomic E-state index is 0.485. The van der Waals surface area contributed by atoms with Crippen LogP contribution in [0.15, 0.2) is 49.2 Å². The van der Waals surface area contributed by atoms with Crippen LogP contribution in [0.2, 0.25) is 0 Å². The van der Waals surface area contributed by atoms with Crippen molar-refractivity contribution in [3.63, 3.8) is 0 Å². The standard InChI is InChI=1S/C17H17N.C5H11N.C4H8/c1-11-4-6-14(8-13(11)3)15-9-16-12(2)5-7-17(16)18-10-15;1-6-4-2-3-5-6;1-3-4-2/h4-10,12H,1-3H3;2-5H2,1H3;3H,1,4H2,2H3. The molecule has 1 aromatic carbocycles. The van der Waals surface area contributed by atoms with Crippen molar-refractivity contribution >= 4 is 6.08 Å². The number of hydrogen-bond acceptors (Lipinski definition) is 2. The fourth-order valence-electron chi connectivity index (χ4n) is 3.29. The van der Waals surface area contributed by atoms with Crippen LogP contribution in [0.4, 0.5) is 0 Å². The summed E-state index contributed by atoms with van der Waals surface area (Å²) in [5, 5.41) is 0. The molecule has 2 heteroatoms. The van der Waals surface area contributed by atoms with Gasteiger partial charge in [0.15, 0.2) is 0 Å². The molecule has 1 aromatic heterocycles. The van der Waals surface area contributed by atoms with Crippen LogP contribution < -0.4 is 0 Å². The monoisotopic (exact) mass is 376 g/mol. The molecular formula is C26H36N2. The molecule has 0 bridgehead atoms. The zero-order valence-electron chi connectivity index (χ0n) is 18.3. The summed E-state index contributed by atoms with van der Waals surface area (Å²) >= 11 is 0. The van der Waals surface area contributed by atoms with Gasteiger partial charge in [0, 0.05) is 17.7 Å². The number of nitrogens with zero attached hydrogens (tertiary/aromatic N) is 2. The van der Waals surface area contributed by atoms with Gasteiger partial charge in [0.2, 0.25) is 0 Å². The third kappa shape index (κ3) is 6.17. The SMILES string of the molecule is C=CCC.CN1CCCC1.Cc1ccc(-c2cnc3c(c2)C(C)C=C3)cc1C. The van der Waals surface area contributed by atoms with Gasteiger partial charge in [0.25, 0.3) is 0 Å². The molecule has 0 amide bonds. The Bertz CT molecular complexity index is 798. The van der Waals surface area contributed by atoms with E-state index in [-0.39, 0.29) is 0 Å². The van der Waals surface area contributed by atoms with E-state index in [1.54, 1.807) is 0 Å². The zero-order valence-corrected chi connectivity index (χ0v) is 18.3. The van der Waals surface area contributed by atoms with E-state index in [0.29, 0.717) is 5.92 Å². The average Bonchev–Trinajstić information content (AvgIpc) is 3.33. The summed E-state index contributed by atoms with van der Waals surface area (Å²) in [6, 6.07) is 8.88. The number of rotatable bonds is 2. The topological polar surface area (TPSA) is 16.1 Å². The first-order valence-electron chi connectivity index (χ1n) is 10.5. The Labute approximate surface area is 172 Å². The molecule has 1 aliphatic heterocycles. The highest BCUT2D eigenvalue weighted by atomic mass is 15.1. The van der Waals surface area contributed by atoms with Crippen LogP contribution in [0.3, 0.4) is 0 Å². The maximum Gasteiger partial charge on any atom is 0.0665 e. The number of likely N-dealkylation sites (tertiary alicyclic amines) is 1. The van der Waals surface area contributed by atoms with Crippen molar-refractivity contribution in [1.82, 2.24) is 9.88 Å². The van der Waals surface area contributed by atoms with Crippen molar-refractivity contribution < 1.29 is 0 Å². The Morgan fingerprint density at radius 1 is 1.11 bits per heavy atom. The molecule has 2 nitrogen and oxygen atoms in total. The molecule has 4 rings (SSSR count). The summed E-state index contributed by atoms with van der Waals surface area (Å²) < 4.78 is 0. The van der Waals surface area contributed by atoms with E-state index >= 15 is 0 Å². The maximum atomic E-state index is 4.55. The number of fused-ring (bicyclic) bond motifs is 1. The molecule has 1 unspecified atom stereocenters. The predicted molar refractivity (Wildman–Crippen MR) is 124 cm³/mol. The summed E-state index contributed by atoms with van der Waals surface area (Å²) in [6.45, 7) is 14.7. The van der Waals surface area contributed by atoms with Crippen LogP contribution in [-0.2, 0) is 0 Å². The minimum absolute atomic E-state index is 0.485. The second-order valence-electron chi connectivity index (χ2n) is 7.85. The zero-order chi connectivity index (χ0) is 20.5. The molecule has 1 atom stereocenters. The minimum Gasteiger partial charge on any atom is -0.306 e. The highest BCUT2D eigenvalue weighted by Gasteiger charge is 2.15. The number of pyridine rings is 1. The molecule has 28 heavy (non-hydrogen) atoms. The second kappa shape index (κ2) is 11.0. The van der Waals surface area contributed by atoms with Gasteiger partial charge in [-0.2, -0.15) is 0 Å². The van der Waals surface area contributed by atoms with Gasteiger partial charge in [-0.1, -0.05) is 44.2 Å². The summed E-state index contributed by atoms with van der Waals surface area (Å²) in [5.41, 5.74) is 7.60. The molecule has 1 aliphatic carbocycles. The number of hydrogen-bond donors (Lipinski definition) is 0. The van der Waals surface area contributed by atoms with Crippen molar-refractivity contribution in [2.45, 2.75) is 52.9 Å². The Balaban J connectivity index is 0.000000232. The fourth-order valence-corrected chi connectivity index (χ4v) is 3.29. The third-order valence-electron chi connectivity index (χ3n) is 5.44. The van der Waals surface area contributed by atoms with E-state index in [2.05, 4.69) is 87.6 Å². The van der Waals surface area contributed by atoms with Crippen molar-refractivity contribution in [3.8, 4) is 11.1 Å². The van der Waals surface area contributed by atoms with E-state index < -0.39 is 0 Å². The van der Waals surface area contributed by atoms with Gasteiger partial charge in [0.1, 0.15) is 0 Å². The Kier molecular flexibility index (Phi) is 8.66. The molecule has 0 N–H and O–H groups in total. The molecule has 0 saturated carbocycles. The van der Waals surface area contributed by atoms with Gasteiger partial charge in [-0.15, -0.1) is 6.58 Å². The predicted octanol–water partition coefficient (Wildman–Crippen LogP) is 6.79. The van der Waals surface area contributed by atoms with Crippen LogP contribution in [0.25, 0.3) is 17.2 Å². The summed E-state index contributed by atoms with van der Waals surface area (Å²) in [6.07, 6.45) is 12.1. The van der Waals surface area contributed by atoms with Gasteiger partial charge in [-0.3, -0.25) is 4.98 Å². The maximum absolute atomic E-state index is 4.55. The first-order chi connectivity index (χ1) is 13.5. The lowest BCUT2D eigenvalue weighted by atomic mass is 9.98. The normalized spacial score (nSPS) is 17.2. The van der Waals surface area contributed by atoms with E-state index in [1.807, 2.05) is 12.3 Å². The Morgan fingerprint density at radius 3 is 2.32 bits per heavy atom. The molecule has 0 spiro atoms. The van der Waals surface area contributed by atoms with Gasteiger partial charge >= 0.3 is 0 Å². The fraction of sp³-hybridized carbons (Fsp3) is 0.423. The van der Waals surface area contributed by atoms with E-state index in [4.69, 9.17) is 0 Å². The van der Waals surface area contributed by atoms with Crippen molar-refractivity contribution in [2.75, 3.05) is 20.1 Å². The average molecular weight is 377 g/mol. The molecule has 2 aromatic rings. The smallest absolute Gasteiger partial charge is 0.0665 e. The largest absolute Gasteiger partial charge is 0.306 e. The van der Waals surface area contributed by atoms with Crippen LogP contribution in [0.1, 0.15) is 61.4 Å². The quantitative estimate of drug-likeness (QED) is 0.536. The van der Waals surface area contributed by atoms with Crippen LogP contribution in [0.5, 0.6) is 0 Å². The summed E-state index contributed by atoms with van der Waals surface area (Å²) in [7, 11) is 2.17. The molecule has 2 heterocycles. The number of benzene rings is 1. The number of aromatic nitrogens is 1. The van der Waals surface area contributed by atoms with Crippen LogP contribution >= 0.6 is 0 Å². The lowest BCUT2D eigenvalue weighted by molar-refractivity contribution is 0.418. The lowest BCUT2D eigenvalue weighted by Crippen LogP contribution is -2.10. The molecule has 0 radical (unpaired) electrons. The molecule has 150 valence electrons. The first kappa shape index (κ1) is 22.1. The summed E-state index contributed by atoms with van der Waals surface area (Å²) in [4.78, 5) is 6.91. The van der Waals surface area contributed by atoms with E-state index in [9.17, 15) is 0 Å². The van der Waals surface area contributed by atoms with E-state index in [1.165, 1.54) is 53.7 Å². The van der Waals surface area contributed by atoms with Gasteiger partial charge < -0.3 is 4.90 Å². The van der Waals surface area contributed by atoms with Gasteiger partial charge in [0.05, 0.1) is 5.69 Å². The Morgan fingerprint density at radius 2 is 1.79 bits per heavy atom. The number of allylic oxidation sites excluding steroid dienone is 2. The van der Waals surface area contributed by atoms with Gasteiger partial charge in [-0.05, 0) is 87.6 Å². The molecule has 1 saturated heterocycles. The van der Waals surface area contributed by atoms with Crippen molar-refractivity contribution in [2.24, 2.45) is 0 Å². The first-order valence-corrected chi connectivity index (χ1v) is 10.5. The molecule has 2 aliphatic rings.